The first-order chi connectivity index (χ1) is 8.78. The summed E-state index contributed by atoms with van der Waals surface area (Å²) in [6.45, 7) is 5.32. The molecule has 0 aromatic heterocycles. The summed E-state index contributed by atoms with van der Waals surface area (Å²) in [7, 11) is 1.69. The summed E-state index contributed by atoms with van der Waals surface area (Å²) in [6, 6.07) is 6.08. The largest absolute Gasteiger partial charge is 0.497 e. The Balaban J connectivity index is 2.24. The van der Waals surface area contributed by atoms with E-state index in [-0.39, 0.29) is 0 Å². The number of rotatable bonds is 4. The Kier molecular flexibility index (Phi) is 4.44. The molecule has 1 saturated heterocycles. The second-order valence-electron chi connectivity index (χ2n) is 4.55. The molecule has 18 heavy (non-hydrogen) atoms. The van der Waals surface area contributed by atoms with Crippen molar-refractivity contribution in [3.05, 3.63) is 23.8 Å². The van der Waals surface area contributed by atoms with E-state index in [9.17, 15) is 0 Å². The molecule has 2 rings (SSSR count). The molecule has 1 unspecified atom stereocenters. The number of nitrogens with two attached hydrogens (primary N) is 1. The van der Waals surface area contributed by atoms with Gasteiger partial charge in [0.1, 0.15) is 5.75 Å². The summed E-state index contributed by atoms with van der Waals surface area (Å²) in [5.74, 6) is 0.877. The number of morpholine rings is 1. The number of ether oxygens (including phenoxy) is 2. The quantitative estimate of drug-likeness (QED) is 0.884. The highest BCUT2D eigenvalue weighted by Gasteiger charge is 2.21. The van der Waals surface area contributed by atoms with Gasteiger partial charge in [0.05, 0.1) is 19.8 Å². The molecule has 1 heterocycles. The summed E-state index contributed by atoms with van der Waals surface area (Å²) < 4.78 is 11.0. The van der Waals surface area contributed by atoms with Crippen molar-refractivity contribution in [2.24, 2.45) is 5.73 Å². The van der Waals surface area contributed by atoms with Crippen LogP contribution in [0.25, 0.3) is 0 Å². The van der Waals surface area contributed by atoms with E-state index < -0.39 is 0 Å². The van der Waals surface area contributed by atoms with E-state index in [0.29, 0.717) is 12.6 Å². The highest BCUT2D eigenvalue weighted by molar-refractivity contribution is 5.57. The topological polar surface area (TPSA) is 47.7 Å². The molecular formula is C14H22N2O2. The fourth-order valence-electron chi connectivity index (χ4n) is 2.32. The van der Waals surface area contributed by atoms with Crippen LogP contribution in [0.5, 0.6) is 5.75 Å². The predicted octanol–water partition coefficient (Wildman–Crippen LogP) is 1.77. The lowest BCUT2D eigenvalue weighted by Crippen LogP contribution is -2.42. The van der Waals surface area contributed by atoms with Gasteiger partial charge >= 0.3 is 0 Å². The molecule has 0 amide bonds. The van der Waals surface area contributed by atoms with Gasteiger partial charge in [0.2, 0.25) is 0 Å². The molecule has 1 aromatic rings. The summed E-state index contributed by atoms with van der Waals surface area (Å²) in [6.07, 6.45) is 1.36. The van der Waals surface area contributed by atoms with Crippen LogP contribution in [0.2, 0.25) is 0 Å². The minimum Gasteiger partial charge on any atom is -0.497 e. The minimum absolute atomic E-state index is 0.315. The molecule has 1 fully saturated rings. The highest BCUT2D eigenvalue weighted by atomic mass is 16.5. The Morgan fingerprint density at radius 3 is 3.00 bits per heavy atom. The molecule has 1 aliphatic heterocycles. The smallest absolute Gasteiger partial charge is 0.120 e. The van der Waals surface area contributed by atoms with Crippen LogP contribution < -0.4 is 15.4 Å². The number of hydrogen-bond donors (Lipinski definition) is 1. The van der Waals surface area contributed by atoms with Gasteiger partial charge in [-0.05, 0) is 18.1 Å². The summed E-state index contributed by atoms with van der Waals surface area (Å²) in [5.41, 5.74) is 8.16. The molecule has 1 aromatic carbocycles. The third-order valence-corrected chi connectivity index (χ3v) is 3.45. The standard InChI is InChI=1S/C14H22N2O2/c1-3-12-10-16(6-7-18-12)14-8-13(17-2)5-4-11(14)9-15/h4-5,8,12H,3,6-7,9-10,15H2,1-2H3. The Bertz CT molecular complexity index is 395. The van der Waals surface area contributed by atoms with Gasteiger partial charge < -0.3 is 20.1 Å². The first-order valence-corrected chi connectivity index (χ1v) is 6.52. The molecule has 1 atom stereocenters. The number of nitrogens with zero attached hydrogens (tertiary/aromatic N) is 1. The molecule has 100 valence electrons. The van der Waals surface area contributed by atoms with Gasteiger partial charge in [0.25, 0.3) is 0 Å². The van der Waals surface area contributed by atoms with E-state index in [2.05, 4.69) is 17.9 Å². The van der Waals surface area contributed by atoms with Gasteiger partial charge in [-0.3, -0.25) is 0 Å². The highest BCUT2D eigenvalue weighted by Crippen LogP contribution is 2.27. The summed E-state index contributed by atoms with van der Waals surface area (Å²) in [5, 5.41) is 0. The lowest BCUT2D eigenvalue weighted by molar-refractivity contribution is 0.0384. The average Bonchev–Trinajstić information content (AvgIpc) is 2.46. The van der Waals surface area contributed by atoms with E-state index in [0.717, 1.165) is 37.4 Å². The zero-order valence-electron chi connectivity index (χ0n) is 11.2. The Hall–Kier alpha value is -1.26. The maximum absolute atomic E-state index is 5.82. The maximum Gasteiger partial charge on any atom is 0.120 e. The van der Waals surface area contributed by atoms with Gasteiger partial charge in [-0.2, -0.15) is 0 Å². The second kappa shape index (κ2) is 6.07. The molecule has 4 heteroatoms. The lowest BCUT2D eigenvalue weighted by Gasteiger charge is -2.35. The van der Waals surface area contributed by atoms with Crippen LogP contribution in [0.4, 0.5) is 5.69 Å². The molecule has 2 N–H and O–H groups in total. The van der Waals surface area contributed by atoms with Crippen LogP contribution >= 0.6 is 0 Å². The van der Waals surface area contributed by atoms with E-state index in [1.807, 2.05) is 12.1 Å². The van der Waals surface area contributed by atoms with Crippen molar-refractivity contribution in [3.8, 4) is 5.75 Å². The maximum atomic E-state index is 5.82. The fraction of sp³-hybridized carbons (Fsp3) is 0.571. The van der Waals surface area contributed by atoms with Crippen molar-refractivity contribution in [2.75, 3.05) is 31.7 Å². The first-order valence-electron chi connectivity index (χ1n) is 6.52. The van der Waals surface area contributed by atoms with Crippen molar-refractivity contribution in [1.82, 2.24) is 0 Å². The summed E-state index contributed by atoms with van der Waals surface area (Å²) >= 11 is 0. The SMILES string of the molecule is CCC1CN(c2cc(OC)ccc2CN)CCO1. The number of methoxy groups -OCH3 is 1. The van der Waals surface area contributed by atoms with Gasteiger partial charge in [-0.25, -0.2) is 0 Å². The van der Waals surface area contributed by atoms with Gasteiger partial charge in [-0.1, -0.05) is 13.0 Å². The van der Waals surface area contributed by atoms with Crippen LogP contribution in [0.1, 0.15) is 18.9 Å². The molecule has 0 spiro atoms. The average molecular weight is 250 g/mol. The Morgan fingerprint density at radius 1 is 1.50 bits per heavy atom. The van der Waals surface area contributed by atoms with Crippen molar-refractivity contribution in [3.63, 3.8) is 0 Å². The van der Waals surface area contributed by atoms with Crippen molar-refractivity contribution in [2.45, 2.75) is 26.0 Å². The van der Waals surface area contributed by atoms with Crippen molar-refractivity contribution < 1.29 is 9.47 Å². The molecule has 0 radical (unpaired) electrons. The van der Waals surface area contributed by atoms with Crippen LogP contribution in [-0.4, -0.2) is 32.9 Å². The van der Waals surface area contributed by atoms with E-state index in [4.69, 9.17) is 15.2 Å². The number of benzene rings is 1. The Morgan fingerprint density at radius 2 is 2.33 bits per heavy atom. The molecule has 0 aliphatic carbocycles. The third-order valence-electron chi connectivity index (χ3n) is 3.45. The third kappa shape index (κ3) is 2.76. The number of hydrogen-bond acceptors (Lipinski definition) is 4. The van der Waals surface area contributed by atoms with Crippen LogP contribution in [0.3, 0.4) is 0 Å². The molecule has 0 saturated carbocycles. The Labute approximate surface area is 109 Å². The van der Waals surface area contributed by atoms with Crippen molar-refractivity contribution >= 4 is 5.69 Å². The van der Waals surface area contributed by atoms with Crippen LogP contribution in [-0.2, 0) is 11.3 Å². The minimum atomic E-state index is 0.315. The van der Waals surface area contributed by atoms with Gasteiger partial charge in [0, 0.05) is 31.4 Å². The predicted molar refractivity (Wildman–Crippen MR) is 73.1 cm³/mol. The van der Waals surface area contributed by atoms with Crippen LogP contribution in [0.15, 0.2) is 18.2 Å². The monoisotopic (exact) mass is 250 g/mol. The second-order valence-corrected chi connectivity index (χ2v) is 4.55. The lowest BCUT2D eigenvalue weighted by atomic mass is 10.1. The van der Waals surface area contributed by atoms with E-state index in [1.54, 1.807) is 7.11 Å². The van der Waals surface area contributed by atoms with Crippen LogP contribution in [0, 0.1) is 0 Å². The zero-order chi connectivity index (χ0) is 13.0. The molecular weight excluding hydrogens is 228 g/mol. The first kappa shape index (κ1) is 13.2. The fourth-order valence-corrected chi connectivity index (χ4v) is 2.32. The van der Waals surface area contributed by atoms with Gasteiger partial charge in [0.15, 0.2) is 0 Å². The zero-order valence-corrected chi connectivity index (χ0v) is 11.2. The number of anilines is 1. The molecule has 1 aliphatic rings. The summed E-state index contributed by atoms with van der Waals surface area (Å²) in [4.78, 5) is 2.35. The normalized spacial score (nSPS) is 19.9. The molecule has 0 bridgehead atoms. The van der Waals surface area contributed by atoms with Gasteiger partial charge in [-0.15, -0.1) is 0 Å². The van der Waals surface area contributed by atoms with Crippen molar-refractivity contribution in [1.29, 1.82) is 0 Å². The molecule has 4 nitrogen and oxygen atoms in total. The van der Waals surface area contributed by atoms with E-state index >= 15 is 0 Å². The van der Waals surface area contributed by atoms with E-state index in [1.165, 1.54) is 5.69 Å².